The molecule has 0 radical (unpaired) electrons. The molecular weight excluding hydrogens is 266 g/mol. The number of carbonyl (C=O) groups is 2. The zero-order valence-electron chi connectivity index (χ0n) is 12.3. The predicted molar refractivity (Wildman–Crippen MR) is 80.6 cm³/mol. The zero-order valence-corrected chi connectivity index (χ0v) is 12.3. The molecule has 0 spiro atoms. The van der Waals surface area contributed by atoms with Crippen LogP contribution in [-0.2, 0) is 4.79 Å². The van der Waals surface area contributed by atoms with Gasteiger partial charge < -0.3 is 16.0 Å². The van der Waals surface area contributed by atoms with Crippen molar-refractivity contribution in [3.8, 4) is 11.8 Å². The van der Waals surface area contributed by atoms with Gasteiger partial charge in [0.25, 0.3) is 5.91 Å². The van der Waals surface area contributed by atoms with Crippen molar-refractivity contribution < 1.29 is 9.59 Å². The lowest BCUT2D eigenvalue weighted by molar-refractivity contribution is -0.127. The second-order valence-electron chi connectivity index (χ2n) is 5.02. The number of hydrogen-bond acceptors (Lipinski definition) is 3. The summed E-state index contributed by atoms with van der Waals surface area (Å²) in [6.45, 7) is 4.89. The van der Waals surface area contributed by atoms with Crippen molar-refractivity contribution in [1.82, 2.24) is 10.2 Å². The second kappa shape index (κ2) is 6.42. The summed E-state index contributed by atoms with van der Waals surface area (Å²) >= 11 is 0. The molecule has 110 valence electrons. The number of benzene rings is 1. The van der Waals surface area contributed by atoms with Crippen molar-refractivity contribution in [2.45, 2.75) is 19.9 Å². The molecule has 0 bridgehead atoms. The average molecular weight is 285 g/mol. The van der Waals surface area contributed by atoms with E-state index in [2.05, 4.69) is 17.2 Å². The highest BCUT2D eigenvalue weighted by atomic mass is 16.2. The summed E-state index contributed by atoms with van der Waals surface area (Å²) in [4.78, 5) is 26.0. The van der Waals surface area contributed by atoms with E-state index >= 15 is 0 Å². The Bertz CT molecular complexity index is 628. The summed E-state index contributed by atoms with van der Waals surface area (Å²) in [5.41, 5.74) is 7.60. The van der Waals surface area contributed by atoms with Gasteiger partial charge in [-0.2, -0.15) is 0 Å². The van der Waals surface area contributed by atoms with Gasteiger partial charge in [0.15, 0.2) is 0 Å². The molecule has 5 heteroatoms. The van der Waals surface area contributed by atoms with E-state index in [4.69, 9.17) is 5.73 Å². The molecule has 1 saturated heterocycles. The molecule has 2 amide bonds. The number of rotatable bonds is 1. The molecule has 1 heterocycles. The van der Waals surface area contributed by atoms with Gasteiger partial charge >= 0.3 is 0 Å². The number of nitrogens with one attached hydrogen (secondary N) is 1. The lowest BCUT2D eigenvalue weighted by Crippen LogP contribution is -2.55. The van der Waals surface area contributed by atoms with E-state index in [0.717, 1.165) is 5.56 Å². The standard InChI is InChI=1S/C16H19N3O2/c1-11-5-6-14(13(10-11)4-3-7-17)16(21)19-9-8-18-15(20)12(19)2/h5-6,10,12H,7-9,17H2,1-2H3,(H,18,20). The minimum atomic E-state index is -0.470. The van der Waals surface area contributed by atoms with Crippen LogP contribution >= 0.6 is 0 Å². The molecule has 2 rings (SSSR count). The predicted octanol–water partition coefficient (Wildman–Crippen LogP) is 0.266. The molecule has 21 heavy (non-hydrogen) atoms. The average Bonchev–Trinajstić information content (AvgIpc) is 2.47. The Labute approximate surface area is 124 Å². The smallest absolute Gasteiger partial charge is 0.255 e. The molecular formula is C16H19N3O2. The van der Waals surface area contributed by atoms with Crippen molar-refractivity contribution in [2.24, 2.45) is 5.73 Å². The van der Waals surface area contributed by atoms with E-state index in [1.54, 1.807) is 17.9 Å². The van der Waals surface area contributed by atoms with Gasteiger partial charge in [0.2, 0.25) is 5.91 Å². The molecule has 0 aliphatic carbocycles. The van der Waals surface area contributed by atoms with Crippen LogP contribution in [0.25, 0.3) is 0 Å². The van der Waals surface area contributed by atoms with E-state index in [-0.39, 0.29) is 18.4 Å². The quantitative estimate of drug-likeness (QED) is 0.727. The fraction of sp³-hybridized carbons (Fsp3) is 0.375. The molecule has 1 aliphatic rings. The molecule has 3 N–H and O–H groups in total. The molecule has 0 aromatic heterocycles. The lowest BCUT2D eigenvalue weighted by Gasteiger charge is -2.33. The second-order valence-corrected chi connectivity index (χ2v) is 5.02. The third kappa shape index (κ3) is 3.23. The maximum Gasteiger partial charge on any atom is 0.255 e. The van der Waals surface area contributed by atoms with Crippen LogP contribution in [0.3, 0.4) is 0 Å². The SMILES string of the molecule is Cc1ccc(C(=O)N2CCNC(=O)C2C)c(C#CCN)c1. The minimum Gasteiger partial charge on any atom is -0.353 e. The summed E-state index contributed by atoms with van der Waals surface area (Å²) < 4.78 is 0. The van der Waals surface area contributed by atoms with Crippen molar-refractivity contribution in [3.05, 3.63) is 34.9 Å². The number of hydrogen-bond donors (Lipinski definition) is 2. The first-order valence-corrected chi connectivity index (χ1v) is 6.93. The minimum absolute atomic E-state index is 0.128. The third-order valence-electron chi connectivity index (χ3n) is 3.49. The normalized spacial score (nSPS) is 17.8. The number of carbonyl (C=O) groups excluding carboxylic acids is 2. The number of nitrogens with zero attached hydrogens (tertiary/aromatic N) is 1. The molecule has 1 aromatic carbocycles. The highest BCUT2D eigenvalue weighted by Gasteiger charge is 2.30. The van der Waals surface area contributed by atoms with E-state index in [0.29, 0.717) is 24.2 Å². The molecule has 1 fully saturated rings. The maximum atomic E-state index is 12.7. The van der Waals surface area contributed by atoms with Crippen LogP contribution in [0.4, 0.5) is 0 Å². The van der Waals surface area contributed by atoms with Crippen molar-refractivity contribution >= 4 is 11.8 Å². The van der Waals surface area contributed by atoms with Gasteiger partial charge in [-0.25, -0.2) is 0 Å². The summed E-state index contributed by atoms with van der Waals surface area (Å²) in [6, 6.07) is 5.03. The Morgan fingerprint density at radius 1 is 1.52 bits per heavy atom. The number of aryl methyl sites for hydroxylation is 1. The number of nitrogens with two attached hydrogens (primary N) is 1. The van der Waals surface area contributed by atoms with Crippen LogP contribution in [0, 0.1) is 18.8 Å². The van der Waals surface area contributed by atoms with Gasteiger partial charge in [0.1, 0.15) is 6.04 Å². The van der Waals surface area contributed by atoms with Gasteiger partial charge in [-0.3, -0.25) is 9.59 Å². The fourth-order valence-corrected chi connectivity index (χ4v) is 2.31. The third-order valence-corrected chi connectivity index (χ3v) is 3.49. The Hall–Kier alpha value is -2.32. The van der Waals surface area contributed by atoms with Crippen LogP contribution in [0.5, 0.6) is 0 Å². The van der Waals surface area contributed by atoms with Crippen molar-refractivity contribution in [1.29, 1.82) is 0 Å². The van der Waals surface area contributed by atoms with Gasteiger partial charge in [-0.05, 0) is 31.5 Å². The first-order valence-electron chi connectivity index (χ1n) is 6.93. The maximum absolute atomic E-state index is 12.7. The van der Waals surface area contributed by atoms with Crippen LogP contribution < -0.4 is 11.1 Å². The topological polar surface area (TPSA) is 75.4 Å². The van der Waals surface area contributed by atoms with Crippen LogP contribution in [0.2, 0.25) is 0 Å². The van der Waals surface area contributed by atoms with Crippen LogP contribution in [-0.4, -0.2) is 42.4 Å². The van der Waals surface area contributed by atoms with Crippen LogP contribution in [0.1, 0.15) is 28.4 Å². The largest absolute Gasteiger partial charge is 0.353 e. The molecule has 1 aliphatic heterocycles. The summed E-state index contributed by atoms with van der Waals surface area (Å²) in [6.07, 6.45) is 0. The first kappa shape index (κ1) is 15.1. The first-order chi connectivity index (χ1) is 10.0. The Morgan fingerprint density at radius 2 is 2.29 bits per heavy atom. The molecule has 1 aromatic rings. The van der Waals surface area contributed by atoms with E-state index < -0.39 is 6.04 Å². The summed E-state index contributed by atoms with van der Waals surface area (Å²) in [5, 5.41) is 2.75. The van der Waals surface area contributed by atoms with E-state index in [9.17, 15) is 9.59 Å². The molecule has 0 saturated carbocycles. The monoisotopic (exact) mass is 285 g/mol. The lowest BCUT2D eigenvalue weighted by atomic mass is 10.0. The zero-order chi connectivity index (χ0) is 15.4. The molecule has 1 unspecified atom stereocenters. The number of amides is 2. The van der Waals surface area contributed by atoms with E-state index in [1.807, 2.05) is 19.1 Å². The van der Waals surface area contributed by atoms with Gasteiger partial charge in [-0.15, -0.1) is 0 Å². The molecule has 5 nitrogen and oxygen atoms in total. The van der Waals surface area contributed by atoms with Gasteiger partial charge in [0.05, 0.1) is 12.1 Å². The van der Waals surface area contributed by atoms with Crippen LogP contribution in [0.15, 0.2) is 18.2 Å². The van der Waals surface area contributed by atoms with E-state index in [1.165, 1.54) is 0 Å². The Kier molecular flexibility index (Phi) is 4.61. The molecule has 1 atom stereocenters. The Balaban J connectivity index is 2.36. The highest BCUT2D eigenvalue weighted by molar-refractivity contribution is 6.00. The fourth-order valence-electron chi connectivity index (χ4n) is 2.31. The highest BCUT2D eigenvalue weighted by Crippen LogP contribution is 2.16. The van der Waals surface area contributed by atoms with Crippen molar-refractivity contribution in [2.75, 3.05) is 19.6 Å². The van der Waals surface area contributed by atoms with Gasteiger partial charge in [-0.1, -0.05) is 17.9 Å². The summed E-state index contributed by atoms with van der Waals surface area (Å²) in [7, 11) is 0. The van der Waals surface area contributed by atoms with Gasteiger partial charge in [0, 0.05) is 18.7 Å². The number of piperazine rings is 1. The summed E-state index contributed by atoms with van der Waals surface area (Å²) in [5.74, 6) is 5.42. The Morgan fingerprint density at radius 3 is 3.00 bits per heavy atom. The van der Waals surface area contributed by atoms with Crippen molar-refractivity contribution in [3.63, 3.8) is 0 Å².